The van der Waals surface area contributed by atoms with Gasteiger partial charge in [0.05, 0.1) is 11.1 Å². The first-order valence-electron chi connectivity index (χ1n) is 8.04. The Hall–Kier alpha value is -2.59. The molecule has 1 saturated heterocycles. The molecule has 0 spiro atoms. The SMILES string of the molecule is CN1C(=O)CC[C@H](CNc2ccc(Cl)c(C#N)n2)[C@H]1c1nccn1C. The summed E-state index contributed by atoms with van der Waals surface area (Å²) in [6.07, 6.45) is 4.91. The van der Waals surface area contributed by atoms with Crippen molar-refractivity contribution >= 4 is 23.3 Å². The maximum atomic E-state index is 12.2. The second-order valence-electron chi connectivity index (χ2n) is 6.16. The zero-order chi connectivity index (χ0) is 18.0. The number of hydrogen-bond acceptors (Lipinski definition) is 5. The number of anilines is 1. The molecule has 2 aromatic rings. The van der Waals surface area contributed by atoms with Crippen molar-refractivity contribution in [3.63, 3.8) is 0 Å². The lowest BCUT2D eigenvalue weighted by molar-refractivity contribution is -0.137. The molecule has 7 nitrogen and oxygen atoms in total. The number of nitriles is 1. The molecule has 0 saturated carbocycles. The summed E-state index contributed by atoms with van der Waals surface area (Å²) < 4.78 is 1.95. The maximum absolute atomic E-state index is 12.2. The Bertz CT molecular complexity index is 827. The molecule has 25 heavy (non-hydrogen) atoms. The number of likely N-dealkylation sites (tertiary alicyclic amines) is 1. The van der Waals surface area contributed by atoms with Crippen LogP contribution in [0.25, 0.3) is 0 Å². The molecule has 0 bridgehead atoms. The molecule has 8 heteroatoms. The minimum absolute atomic E-state index is 0.100. The molecule has 130 valence electrons. The van der Waals surface area contributed by atoms with E-state index in [9.17, 15) is 4.79 Å². The molecule has 0 aromatic carbocycles. The van der Waals surface area contributed by atoms with Crippen LogP contribution in [0.4, 0.5) is 5.82 Å². The third-order valence-electron chi connectivity index (χ3n) is 4.61. The molecule has 3 rings (SSSR count). The van der Waals surface area contributed by atoms with E-state index < -0.39 is 0 Å². The summed E-state index contributed by atoms with van der Waals surface area (Å²) in [5.41, 5.74) is 0.197. The molecule has 2 aromatic heterocycles. The summed E-state index contributed by atoms with van der Waals surface area (Å²) in [7, 11) is 3.75. The van der Waals surface area contributed by atoms with Crippen LogP contribution in [0.15, 0.2) is 24.5 Å². The van der Waals surface area contributed by atoms with Crippen LogP contribution in [0, 0.1) is 17.2 Å². The summed E-state index contributed by atoms with van der Waals surface area (Å²) in [4.78, 5) is 22.6. The van der Waals surface area contributed by atoms with Crippen molar-refractivity contribution in [3.05, 3.63) is 41.1 Å². The predicted octanol–water partition coefficient (Wildman–Crippen LogP) is 2.36. The third kappa shape index (κ3) is 3.44. The van der Waals surface area contributed by atoms with Gasteiger partial charge in [-0.2, -0.15) is 5.26 Å². The number of aryl methyl sites for hydroxylation is 1. The largest absolute Gasteiger partial charge is 0.370 e. The van der Waals surface area contributed by atoms with E-state index in [0.29, 0.717) is 23.8 Å². The van der Waals surface area contributed by atoms with Gasteiger partial charge in [0.25, 0.3) is 0 Å². The lowest BCUT2D eigenvalue weighted by Crippen LogP contribution is -2.43. The van der Waals surface area contributed by atoms with Crippen molar-refractivity contribution < 1.29 is 4.79 Å². The molecule has 1 aliphatic heterocycles. The number of carbonyl (C=O) groups is 1. The van der Waals surface area contributed by atoms with Crippen LogP contribution in [0.3, 0.4) is 0 Å². The highest BCUT2D eigenvalue weighted by molar-refractivity contribution is 6.31. The predicted molar refractivity (Wildman–Crippen MR) is 93.9 cm³/mol. The van der Waals surface area contributed by atoms with Crippen molar-refractivity contribution in [2.45, 2.75) is 18.9 Å². The number of hydrogen-bond donors (Lipinski definition) is 1. The highest BCUT2D eigenvalue weighted by Crippen LogP contribution is 2.34. The van der Waals surface area contributed by atoms with Gasteiger partial charge < -0.3 is 14.8 Å². The fourth-order valence-electron chi connectivity index (χ4n) is 3.23. The van der Waals surface area contributed by atoms with Crippen molar-refractivity contribution in [3.8, 4) is 6.07 Å². The lowest BCUT2D eigenvalue weighted by atomic mass is 9.88. The molecule has 3 heterocycles. The average molecular weight is 359 g/mol. The summed E-state index contributed by atoms with van der Waals surface area (Å²) in [6.45, 7) is 0.620. The van der Waals surface area contributed by atoms with Crippen LogP contribution in [-0.2, 0) is 11.8 Å². The maximum Gasteiger partial charge on any atom is 0.222 e. The Morgan fingerprint density at radius 2 is 2.24 bits per heavy atom. The van der Waals surface area contributed by atoms with Crippen LogP contribution >= 0.6 is 11.6 Å². The molecule has 1 aliphatic rings. The third-order valence-corrected chi connectivity index (χ3v) is 4.91. The number of piperidine rings is 1. The average Bonchev–Trinajstić information content (AvgIpc) is 3.02. The zero-order valence-electron chi connectivity index (χ0n) is 14.1. The van der Waals surface area contributed by atoms with E-state index >= 15 is 0 Å². The van der Waals surface area contributed by atoms with Crippen molar-refractivity contribution in [1.29, 1.82) is 5.26 Å². The number of aromatic nitrogens is 3. The Morgan fingerprint density at radius 1 is 1.44 bits per heavy atom. The van der Waals surface area contributed by atoms with E-state index in [2.05, 4.69) is 15.3 Å². The van der Waals surface area contributed by atoms with Crippen LogP contribution in [-0.4, -0.2) is 38.9 Å². The van der Waals surface area contributed by atoms with Crippen LogP contribution in [0.2, 0.25) is 5.02 Å². The number of amides is 1. The highest BCUT2D eigenvalue weighted by Gasteiger charge is 2.36. The second-order valence-corrected chi connectivity index (χ2v) is 6.57. The molecule has 1 amide bonds. The van der Waals surface area contributed by atoms with Gasteiger partial charge in [-0.25, -0.2) is 9.97 Å². The molecule has 0 unspecified atom stereocenters. The lowest BCUT2D eigenvalue weighted by Gasteiger charge is -2.38. The van der Waals surface area contributed by atoms with Gasteiger partial charge in [-0.1, -0.05) is 11.6 Å². The monoisotopic (exact) mass is 358 g/mol. The highest BCUT2D eigenvalue weighted by atomic mass is 35.5. The summed E-state index contributed by atoms with van der Waals surface area (Å²) >= 11 is 5.92. The quantitative estimate of drug-likeness (QED) is 0.906. The Labute approximate surface area is 151 Å². The first-order valence-corrected chi connectivity index (χ1v) is 8.42. The van der Waals surface area contributed by atoms with Gasteiger partial charge in [0.15, 0.2) is 5.69 Å². The van der Waals surface area contributed by atoms with Gasteiger partial charge in [-0.15, -0.1) is 0 Å². The van der Waals surface area contributed by atoms with E-state index in [4.69, 9.17) is 16.9 Å². The van der Waals surface area contributed by atoms with Crippen LogP contribution in [0.5, 0.6) is 0 Å². The topological polar surface area (TPSA) is 86.8 Å². The number of rotatable bonds is 4. The van der Waals surface area contributed by atoms with E-state index in [1.165, 1.54) is 0 Å². The normalized spacial score (nSPS) is 20.4. The number of pyridine rings is 1. The van der Waals surface area contributed by atoms with E-state index in [0.717, 1.165) is 12.2 Å². The standard InChI is InChI=1S/C17H19ClN6O/c1-23-8-7-20-17(23)16-11(3-6-15(25)24(16)2)10-21-14-5-4-12(18)13(9-19)22-14/h4-5,7-8,11,16H,3,6,10H2,1-2H3,(H,21,22)/t11-,16+/m1/s1. The summed E-state index contributed by atoms with van der Waals surface area (Å²) in [6, 6.07) is 5.28. The fourth-order valence-corrected chi connectivity index (χ4v) is 3.38. The Morgan fingerprint density at radius 3 is 2.92 bits per heavy atom. The van der Waals surface area contributed by atoms with E-state index in [-0.39, 0.29) is 23.6 Å². The first-order chi connectivity index (χ1) is 12.0. The molecule has 2 atom stereocenters. The Kier molecular flexibility index (Phi) is 4.91. The second kappa shape index (κ2) is 7.11. The zero-order valence-corrected chi connectivity index (χ0v) is 14.9. The molecular formula is C17H19ClN6O. The van der Waals surface area contributed by atoms with Crippen LogP contribution < -0.4 is 5.32 Å². The number of halogens is 1. The Balaban J connectivity index is 1.79. The van der Waals surface area contributed by atoms with Crippen LogP contribution in [0.1, 0.15) is 30.4 Å². The molecule has 0 aliphatic carbocycles. The van der Waals surface area contributed by atoms with E-state index in [1.54, 1.807) is 23.2 Å². The van der Waals surface area contributed by atoms with Gasteiger partial charge in [-0.3, -0.25) is 4.79 Å². The smallest absolute Gasteiger partial charge is 0.222 e. The summed E-state index contributed by atoms with van der Waals surface area (Å²) in [5, 5.41) is 12.6. The molecule has 1 N–H and O–H groups in total. The van der Waals surface area contributed by atoms with Gasteiger partial charge in [-0.05, 0) is 18.6 Å². The van der Waals surface area contributed by atoms with Crippen molar-refractivity contribution in [2.75, 3.05) is 18.9 Å². The van der Waals surface area contributed by atoms with E-state index in [1.807, 2.05) is 30.9 Å². The van der Waals surface area contributed by atoms with Gasteiger partial charge in [0.1, 0.15) is 17.7 Å². The number of nitrogens with zero attached hydrogens (tertiary/aromatic N) is 5. The number of nitrogens with one attached hydrogen (secondary N) is 1. The number of imidazole rings is 1. The first kappa shape index (κ1) is 17.2. The summed E-state index contributed by atoms with van der Waals surface area (Å²) in [5.74, 6) is 1.77. The van der Waals surface area contributed by atoms with Gasteiger partial charge in [0.2, 0.25) is 5.91 Å². The molecule has 0 radical (unpaired) electrons. The van der Waals surface area contributed by atoms with Crippen molar-refractivity contribution in [1.82, 2.24) is 19.4 Å². The molecular weight excluding hydrogens is 340 g/mol. The fraction of sp³-hybridized carbons (Fsp3) is 0.412. The van der Waals surface area contributed by atoms with Gasteiger partial charge >= 0.3 is 0 Å². The number of carbonyl (C=O) groups excluding carboxylic acids is 1. The van der Waals surface area contributed by atoms with Crippen molar-refractivity contribution in [2.24, 2.45) is 13.0 Å². The minimum atomic E-state index is -0.100. The minimum Gasteiger partial charge on any atom is -0.370 e. The van der Waals surface area contributed by atoms with Gasteiger partial charge in [0, 0.05) is 45.4 Å². The molecule has 1 fully saturated rings.